The van der Waals surface area contributed by atoms with Crippen molar-refractivity contribution in [2.24, 2.45) is 17.8 Å². The van der Waals surface area contributed by atoms with Crippen LogP contribution >= 0.6 is 0 Å². The predicted octanol–water partition coefficient (Wildman–Crippen LogP) is 21.9. The average molecular weight is 1190 g/mol. The normalized spacial score (nSPS) is 19.0. The molecule has 6 atom stereocenters. The van der Waals surface area contributed by atoms with E-state index in [-0.39, 0.29) is 88.9 Å². The number of benzene rings is 4. The highest BCUT2D eigenvalue weighted by Crippen LogP contribution is 2.49. The molecule has 8 heteroatoms. The molecule has 3 aliphatic carbocycles. The molecular formula is C79H114O8. The van der Waals surface area contributed by atoms with Gasteiger partial charge in [0.05, 0.1) is 0 Å². The molecule has 0 radical (unpaired) electrons. The van der Waals surface area contributed by atoms with Crippen LogP contribution in [0.3, 0.4) is 0 Å². The summed E-state index contributed by atoms with van der Waals surface area (Å²) in [6, 6.07) is 14.4. The molecule has 8 N–H and O–H groups in total. The first-order valence-electron chi connectivity index (χ1n) is 32.2. The maximum Gasteiger partial charge on any atom is 0.123 e. The summed E-state index contributed by atoms with van der Waals surface area (Å²) in [5, 5.41) is 82.9. The molecule has 4 aromatic carbocycles. The van der Waals surface area contributed by atoms with E-state index >= 15 is 0 Å². The summed E-state index contributed by atoms with van der Waals surface area (Å²) in [5.41, 5.74) is 16.5. The van der Waals surface area contributed by atoms with Crippen molar-refractivity contribution in [3.8, 4) is 46.0 Å². The second-order valence-corrected chi connectivity index (χ2v) is 25.6. The van der Waals surface area contributed by atoms with Crippen molar-refractivity contribution < 1.29 is 40.9 Å². The molecule has 0 saturated heterocycles. The average Bonchev–Trinajstić information content (AvgIpc) is 2.28. The lowest BCUT2D eigenvalue weighted by atomic mass is 9.73. The molecule has 0 saturated carbocycles. The van der Waals surface area contributed by atoms with E-state index in [1.807, 2.05) is 32.9 Å². The van der Waals surface area contributed by atoms with Crippen LogP contribution in [0, 0.1) is 17.8 Å². The van der Waals surface area contributed by atoms with E-state index in [1.54, 1.807) is 36.4 Å². The van der Waals surface area contributed by atoms with E-state index < -0.39 is 0 Å². The lowest BCUT2D eigenvalue weighted by Crippen LogP contribution is -2.17. The summed E-state index contributed by atoms with van der Waals surface area (Å²) in [6.45, 7) is 39.5. The van der Waals surface area contributed by atoms with Gasteiger partial charge in [0.15, 0.2) is 0 Å². The van der Waals surface area contributed by atoms with E-state index in [0.29, 0.717) is 28.7 Å². The first-order valence-corrected chi connectivity index (χ1v) is 32.2. The van der Waals surface area contributed by atoms with Crippen LogP contribution in [0.2, 0.25) is 0 Å². The van der Waals surface area contributed by atoms with Crippen LogP contribution in [0.4, 0.5) is 0 Å². The maximum atomic E-state index is 10.5. The summed E-state index contributed by atoms with van der Waals surface area (Å²) < 4.78 is 0. The molecule has 3 aliphatic rings. The van der Waals surface area contributed by atoms with Gasteiger partial charge in [-0.05, 0) is 241 Å². The smallest absolute Gasteiger partial charge is 0.123 e. The zero-order chi connectivity index (χ0) is 63.9. The maximum absolute atomic E-state index is 10.5. The number of hydrogen-bond acceptors (Lipinski definition) is 8. The lowest BCUT2D eigenvalue weighted by Gasteiger charge is -2.31. The van der Waals surface area contributed by atoms with Crippen molar-refractivity contribution in [3.63, 3.8) is 0 Å². The number of aromatic hydroxyl groups is 8. The molecule has 0 aliphatic heterocycles. The van der Waals surface area contributed by atoms with Crippen LogP contribution in [0.25, 0.3) is 0 Å². The number of unbranched alkanes of at least 4 members (excludes halogenated alkanes) is 2. The third kappa shape index (κ3) is 22.4. The van der Waals surface area contributed by atoms with Gasteiger partial charge in [-0.15, -0.1) is 0 Å². The molecule has 0 unspecified atom stereocenters. The molecule has 4 aromatic rings. The fourth-order valence-electron chi connectivity index (χ4n) is 12.7. The van der Waals surface area contributed by atoms with Gasteiger partial charge in [-0.2, -0.15) is 0 Å². The van der Waals surface area contributed by atoms with E-state index in [4.69, 9.17) is 0 Å². The zero-order valence-electron chi connectivity index (χ0n) is 55.1. The minimum absolute atomic E-state index is 0. The van der Waals surface area contributed by atoms with Crippen molar-refractivity contribution in [1.29, 1.82) is 0 Å². The summed E-state index contributed by atoms with van der Waals surface area (Å²) >= 11 is 0. The van der Waals surface area contributed by atoms with Gasteiger partial charge >= 0.3 is 0 Å². The zero-order valence-corrected chi connectivity index (χ0v) is 55.1. The van der Waals surface area contributed by atoms with Crippen LogP contribution in [-0.2, 0) is 32.1 Å². The molecule has 8 nitrogen and oxygen atoms in total. The number of hydrogen-bond donors (Lipinski definition) is 8. The Morgan fingerprint density at radius 1 is 0.425 bits per heavy atom. The standard InChI is InChI=1S/C21H30O2.2C19H26O2.C19H28O2.CH4/c1-5-6-7-8-16-12-19(22)21(20(23)13-16)18-11-15(4)9-10-17(18)14(2)3;2*1-5-6-14-10-17(20)19(18(21)11-14)16-9-13(4)7-8-15(16)12(2)3;1-5-7-16-12-18(20)17(19(21)13-16)11-10-15(4)9-6-8-14(2)3;/h11-13,17-18,22-23H,2,5-10H2,1,3-4H3;2*9-11,15-16,20-21H,2,5-8H2,1,3-4H3;8,10,12-13,20-21H,5-7,9,11H2,1-4H3;1H4/b;;;15-10+;/t17-,18+;2*15-,16+;;/m010../s1. The molecule has 0 bridgehead atoms. The van der Waals surface area contributed by atoms with Crippen molar-refractivity contribution in [2.75, 3.05) is 0 Å². The summed E-state index contributed by atoms with van der Waals surface area (Å²) in [4.78, 5) is 0. The molecular weight excluding hydrogens is 1080 g/mol. The van der Waals surface area contributed by atoms with Crippen LogP contribution < -0.4 is 0 Å². The second kappa shape index (κ2) is 36.5. The first kappa shape index (κ1) is 74.5. The molecule has 0 fully saturated rings. The van der Waals surface area contributed by atoms with Gasteiger partial charge in [-0.25, -0.2) is 0 Å². The highest BCUT2D eigenvalue weighted by atomic mass is 16.3. The van der Waals surface area contributed by atoms with Gasteiger partial charge in [-0.1, -0.05) is 162 Å². The molecule has 7 rings (SSSR count). The molecule has 0 amide bonds. The van der Waals surface area contributed by atoms with Crippen LogP contribution in [-0.4, -0.2) is 40.9 Å². The van der Waals surface area contributed by atoms with Gasteiger partial charge in [0.25, 0.3) is 0 Å². The topological polar surface area (TPSA) is 162 Å². The molecule has 0 heterocycles. The Balaban J connectivity index is 0.000000303. The number of allylic oxidation sites excluding steroid dienone is 13. The Labute approximate surface area is 527 Å². The van der Waals surface area contributed by atoms with E-state index in [9.17, 15) is 40.9 Å². The number of phenols is 8. The van der Waals surface area contributed by atoms with Crippen molar-refractivity contribution >= 4 is 0 Å². The molecule has 0 aromatic heterocycles. The van der Waals surface area contributed by atoms with E-state index in [0.717, 1.165) is 142 Å². The van der Waals surface area contributed by atoms with E-state index in [2.05, 4.69) is 119 Å². The van der Waals surface area contributed by atoms with Gasteiger partial charge in [0, 0.05) is 40.0 Å². The van der Waals surface area contributed by atoms with Crippen LogP contribution in [0.15, 0.2) is 143 Å². The predicted molar refractivity (Wildman–Crippen MR) is 369 cm³/mol. The summed E-state index contributed by atoms with van der Waals surface area (Å²) in [7, 11) is 0. The van der Waals surface area contributed by atoms with Crippen LogP contribution in [0.1, 0.15) is 250 Å². The highest BCUT2D eigenvalue weighted by molar-refractivity contribution is 5.55. The summed E-state index contributed by atoms with van der Waals surface area (Å²) in [5.74, 6) is 2.58. The first-order chi connectivity index (χ1) is 40.7. The Bertz CT molecular complexity index is 2880. The number of phenolic OH excluding ortho intramolecular Hbond substituents is 8. The number of rotatable bonds is 21. The second-order valence-electron chi connectivity index (χ2n) is 25.6. The Hall–Kier alpha value is -6.80. The largest absolute Gasteiger partial charge is 0.508 e. The minimum Gasteiger partial charge on any atom is -0.508 e. The third-order valence-electron chi connectivity index (χ3n) is 17.4. The summed E-state index contributed by atoms with van der Waals surface area (Å²) in [6.07, 6.45) is 29.7. The van der Waals surface area contributed by atoms with Crippen molar-refractivity contribution in [1.82, 2.24) is 0 Å². The molecule has 478 valence electrons. The van der Waals surface area contributed by atoms with Gasteiger partial charge in [0.2, 0.25) is 0 Å². The quantitative estimate of drug-likeness (QED) is 0.0302. The monoisotopic (exact) mass is 1190 g/mol. The van der Waals surface area contributed by atoms with Gasteiger partial charge < -0.3 is 40.9 Å². The van der Waals surface area contributed by atoms with Crippen molar-refractivity contribution in [2.45, 2.75) is 237 Å². The Morgan fingerprint density at radius 2 is 0.724 bits per heavy atom. The van der Waals surface area contributed by atoms with Crippen LogP contribution in [0.5, 0.6) is 46.0 Å². The Morgan fingerprint density at radius 3 is 1.00 bits per heavy atom. The Kier molecular flexibility index (Phi) is 31.2. The fraction of sp³-hybridized carbons (Fsp3) is 0.494. The highest BCUT2D eigenvalue weighted by Gasteiger charge is 2.33. The minimum atomic E-state index is 0. The van der Waals surface area contributed by atoms with E-state index in [1.165, 1.54) is 40.7 Å². The number of aryl methyl sites for hydroxylation is 4. The van der Waals surface area contributed by atoms with Gasteiger partial charge in [0.1, 0.15) is 46.0 Å². The third-order valence-corrected chi connectivity index (χ3v) is 17.4. The van der Waals surface area contributed by atoms with Crippen molar-refractivity contribution in [3.05, 3.63) is 188 Å². The molecule has 0 spiro atoms. The van der Waals surface area contributed by atoms with Gasteiger partial charge in [-0.3, -0.25) is 0 Å². The molecule has 87 heavy (non-hydrogen) atoms. The fourth-order valence-corrected chi connectivity index (χ4v) is 12.7. The lowest BCUT2D eigenvalue weighted by molar-refractivity contribution is 0.405. The SMILES string of the molecule is C.C=C(C)[C@@H]1CCC(C)=C[C@H]1c1c(O)cc(CCC)cc1O.C=C(C)[C@@H]1CCC(C)=C[C@H]1c1c(O)cc(CCCCC)cc1O.C=C(C)[C@H]1CCC(C)=C[C@@H]1c1c(O)cc(CCC)cc1O.CCCc1cc(O)c(C/C=C(\C)CCC=C(C)C)c(O)c1.